The van der Waals surface area contributed by atoms with Crippen molar-refractivity contribution in [1.82, 2.24) is 10.2 Å². The molecule has 0 aromatic heterocycles. The average molecular weight is 353 g/mol. The zero-order valence-electron chi connectivity index (χ0n) is 17.2. The number of unbranched alkanes of at least 4 members (excludes halogenated alkanes) is 13. The maximum Gasteiger partial charge on any atom is 0.237 e. The van der Waals surface area contributed by atoms with Crippen molar-refractivity contribution in [1.29, 1.82) is 0 Å². The molecule has 1 rings (SSSR count). The summed E-state index contributed by atoms with van der Waals surface area (Å²) in [4.78, 5) is 14.2. The van der Waals surface area contributed by atoms with Gasteiger partial charge < -0.3 is 5.32 Å². The van der Waals surface area contributed by atoms with E-state index in [1.165, 1.54) is 83.5 Å². The maximum atomic E-state index is 12.0. The molecule has 3 heteroatoms. The number of likely N-dealkylation sites (tertiary alicyclic amines) is 1. The summed E-state index contributed by atoms with van der Waals surface area (Å²) in [7, 11) is 2.06. The Balaban J connectivity index is 1.75. The third-order valence-corrected chi connectivity index (χ3v) is 5.65. The van der Waals surface area contributed by atoms with Gasteiger partial charge in [0.25, 0.3) is 0 Å². The van der Waals surface area contributed by atoms with Crippen molar-refractivity contribution < 1.29 is 4.79 Å². The number of amides is 1. The Labute approximate surface area is 157 Å². The highest BCUT2D eigenvalue weighted by Crippen LogP contribution is 2.15. The van der Waals surface area contributed by atoms with Crippen LogP contribution in [-0.2, 0) is 4.79 Å². The van der Waals surface area contributed by atoms with Crippen LogP contribution in [0.15, 0.2) is 0 Å². The summed E-state index contributed by atoms with van der Waals surface area (Å²) < 4.78 is 0. The predicted octanol–water partition coefficient (Wildman–Crippen LogP) is 5.68. The van der Waals surface area contributed by atoms with Gasteiger partial charge in [-0.05, 0) is 32.9 Å². The molecule has 0 spiro atoms. The average Bonchev–Trinajstić information content (AvgIpc) is 3.04. The number of carbonyl (C=O) groups excluding carboxylic acids is 1. The molecule has 0 saturated carbocycles. The molecule has 1 unspecified atom stereocenters. The molecule has 0 aliphatic carbocycles. The first-order valence-corrected chi connectivity index (χ1v) is 11.2. The summed E-state index contributed by atoms with van der Waals surface area (Å²) in [6.45, 7) is 4.21. The topological polar surface area (TPSA) is 32.3 Å². The van der Waals surface area contributed by atoms with E-state index in [1.807, 2.05) is 0 Å². The number of hydrogen-bond acceptors (Lipinski definition) is 2. The third kappa shape index (κ3) is 11.6. The molecule has 148 valence electrons. The molecular formula is C22H44N2O. The second kappa shape index (κ2) is 15.7. The Hall–Kier alpha value is -0.570. The van der Waals surface area contributed by atoms with E-state index in [9.17, 15) is 4.79 Å². The Bertz CT molecular complexity index is 319. The molecule has 0 radical (unpaired) electrons. The van der Waals surface area contributed by atoms with Crippen LogP contribution in [0.5, 0.6) is 0 Å². The standard InChI is InChI=1S/C22H44N2O/c1-3-4-5-6-7-8-9-10-11-12-13-14-15-16-19-23-22(25)21-18-17-20-24(21)2/h21H,3-20H2,1-2H3,(H,23,25). The van der Waals surface area contributed by atoms with Crippen LogP contribution in [0.3, 0.4) is 0 Å². The zero-order valence-corrected chi connectivity index (χ0v) is 17.2. The predicted molar refractivity (Wildman–Crippen MR) is 109 cm³/mol. The first-order valence-electron chi connectivity index (χ1n) is 11.2. The van der Waals surface area contributed by atoms with Gasteiger partial charge in [-0.2, -0.15) is 0 Å². The monoisotopic (exact) mass is 352 g/mol. The van der Waals surface area contributed by atoms with Crippen LogP contribution in [0.25, 0.3) is 0 Å². The Kier molecular flexibility index (Phi) is 14.1. The van der Waals surface area contributed by atoms with Crippen LogP contribution in [0.2, 0.25) is 0 Å². The van der Waals surface area contributed by atoms with Gasteiger partial charge >= 0.3 is 0 Å². The van der Waals surface area contributed by atoms with E-state index < -0.39 is 0 Å². The molecule has 1 atom stereocenters. The zero-order chi connectivity index (χ0) is 18.2. The third-order valence-electron chi connectivity index (χ3n) is 5.65. The molecule has 0 aromatic carbocycles. The number of likely N-dealkylation sites (N-methyl/N-ethyl adjacent to an activating group) is 1. The van der Waals surface area contributed by atoms with Gasteiger partial charge in [0.2, 0.25) is 5.91 Å². The molecule has 1 heterocycles. The van der Waals surface area contributed by atoms with Crippen molar-refractivity contribution >= 4 is 5.91 Å². The SMILES string of the molecule is CCCCCCCCCCCCCCCCNC(=O)C1CCCN1C. The van der Waals surface area contributed by atoms with Crippen LogP contribution in [0, 0.1) is 0 Å². The summed E-state index contributed by atoms with van der Waals surface area (Å²) in [6.07, 6.45) is 21.5. The van der Waals surface area contributed by atoms with E-state index in [0.717, 1.165) is 32.4 Å². The van der Waals surface area contributed by atoms with E-state index in [-0.39, 0.29) is 11.9 Å². The van der Waals surface area contributed by atoms with E-state index in [1.54, 1.807) is 0 Å². The lowest BCUT2D eigenvalue weighted by molar-refractivity contribution is -0.125. The van der Waals surface area contributed by atoms with Gasteiger partial charge in [0.05, 0.1) is 6.04 Å². The molecule has 1 aliphatic rings. The molecule has 1 amide bonds. The van der Waals surface area contributed by atoms with E-state index >= 15 is 0 Å². The molecule has 1 saturated heterocycles. The van der Waals surface area contributed by atoms with Gasteiger partial charge in [0.1, 0.15) is 0 Å². The Morgan fingerprint density at radius 1 is 0.840 bits per heavy atom. The van der Waals surface area contributed by atoms with Crippen LogP contribution < -0.4 is 5.32 Å². The highest BCUT2D eigenvalue weighted by molar-refractivity contribution is 5.81. The van der Waals surface area contributed by atoms with Gasteiger partial charge in [-0.1, -0.05) is 90.4 Å². The highest BCUT2D eigenvalue weighted by Gasteiger charge is 2.26. The lowest BCUT2D eigenvalue weighted by Gasteiger charge is -2.18. The molecule has 0 bridgehead atoms. The molecule has 25 heavy (non-hydrogen) atoms. The number of carbonyl (C=O) groups is 1. The molecule has 0 aromatic rings. The lowest BCUT2D eigenvalue weighted by atomic mass is 10.0. The minimum atomic E-state index is 0.131. The number of nitrogens with one attached hydrogen (secondary N) is 1. The largest absolute Gasteiger partial charge is 0.355 e. The van der Waals surface area contributed by atoms with E-state index in [4.69, 9.17) is 0 Å². The highest BCUT2D eigenvalue weighted by atomic mass is 16.2. The normalized spacial score (nSPS) is 17.9. The van der Waals surface area contributed by atoms with Crippen molar-refractivity contribution in [3.05, 3.63) is 0 Å². The summed E-state index contributed by atoms with van der Waals surface area (Å²) in [5.74, 6) is 0.245. The number of rotatable bonds is 16. The van der Waals surface area contributed by atoms with Crippen LogP contribution in [0.1, 0.15) is 110 Å². The molecule has 1 fully saturated rings. The van der Waals surface area contributed by atoms with Gasteiger partial charge in [-0.25, -0.2) is 0 Å². The second-order valence-corrected chi connectivity index (χ2v) is 8.03. The van der Waals surface area contributed by atoms with E-state index in [2.05, 4.69) is 24.2 Å². The Morgan fingerprint density at radius 3 is 1.76 bits per heavy atom. The second-order valence-electron chi connectivity index (χ2n) is 8.03. The van der Waals surface area contributed by atoms with Crippen molar-refractivity contribution in [2.45, 2.75) is 116 Å². The quantitative estimate of drug-likeness (QED) is 0.363. The Morgan fingerprint density at radius 2 is 1.32 bits per heavy atom. The van der Waals surface area contributed by atoms with Crippen molar-refractivity contribution in [3.63, 3.8) is 0 Å². The van der Waals surface area contributed by atoms with Crippen molar-refractivity contribution in [2.24, 2.45) is 0 Å². The van der Waals surface area contributed by atoms with E-state index in [0.29, 0.717) is 0 Å². The molecule has 1 aliphatic heterocycles. The molecular weight excluding hydrogens is 308 g/mol. The van der Waals surface area contributed by atoms with Gasteiger partial charge in [-0.15, -0.1) is 0 Å². The van der Waals surface area contributed by atoms with Crippen molar-refractivity contribution in [3.8, 4) is 0 Å². The fourth-order valence-corrected chi connectivity index (χ4v) is 3.89. The first kappa shape index (κ1) is 22.5. The van der Waals surface area contributed by atoms with Gasteiger partial charge in [0.15, 0.2) is 0 Å². The summed E-state index contributed by atoms with van der Waals surface area (Å²) in [5.41, 5.74) is 0. The molecule has 3 nitrogen and oxygen atoms in total. The van der Waals surface area contributed by atoms with Gasteiger partial charge in [0, 0.05) is 6.54 Å². The smallest absolute Gasteiger partial charge is 0.237 e. The fourth-order valence-electron chi connectivity index (χ4n) is 3.89. The molecule has 1 N–H and O–H groups in total. The van der Waals surface area contributed by atoms with Crippen LogP contribution >= 0.6 is 0 Å². The minimum Gasteiger partial charge on any atom is -0.355 e. The van der Waals surface area contributed by atoms with Crippen LogP contribution in [0.4, 0.5) is 0 Å². The minimum absolute atomic E-state index is 0.131. The summed E-state index contributed by atoms with van der Waals surface area (Å²) in [5, 5.41) is 3.12. The fraction of sp³-hybridized carbons (Fsp3) is 0.955. The number of hydrogen-bond donors (Lipinski definition) is 1. The number of nitrogens with zero attached hydrogens (tertiary/aromatic N) is 1. The lowest BCUT2D eigenvalue weighted by Crippen LogP contribution is -2.41. The van der Waals surface area contributed by atoms with Crippen LogP contribution in [-0.4, -0.2) is 37.0 Å². The maximum absolute atomic E-state index is 12.0. The summed E-state index contributed by atoms with van der Waals surface area (Å²) >= 11 is 0. The van der Waals surface area contributed by atoms with Crippen molar-refractivity contribution in [2.75, 3.05) is 20.1 Å². The van der Waals surface area contributed by atoms with Gasteiger partial charge in [-0.3, -0.25) is 9.69 Å². The first-order chi connectivity index (χ1) is 12.3. The summed E-state index contributed by atoms with van der Waals surface area (Å²) in [6, 6.07) is 0.131.